The minimum absolute atomic E-state index is 0.00689. The van der Waals surface area contributed by atoms with Gasteiger partial charge in [0.25, 0.3) is 0 Å². The second-order valence-electron chi connectivity index (χ2n) is 7.96. The monoisotopic (exact) mass is 397 g/mol. The highest BCUT2D eigenvalue weighted by Gasteiger charge is 2.20. The number of amides is 1. The Morgan fingerprint density at radius 3 is 2.38 bits per heavy atom. The zero-order valence-corrected chi connectivity index (χ0v) is 17.5. The van der Waals surface area contributed by atoms with E-state index < -0.39 is 0 Å². The van der Waals surface area contributed by atoms with Gasteiger partial charge in [0.1, 0.15) is 5.82 Å². The fourth-order valence-electron chi connectivity index (χ4n) is 3.83. The maximum atomic E-state index is 13.3. The summed E-state index contributed by atoms with van der Waals surface area (Å²) in [5.41, 5.74) is 3.47. The van der Waals surface area contributed by atoms with Crippen LogP contribution in [-0.2, 0) is 17.8 Å². The van der Waals surface area contributed by atoms with Crippen LogP contribution < -0.4 is 5.32 Å². The SMILES string of the molecule is CCCc1ccc([C@@H](C)NC(=O)CN2CCN(Cc3cccc(F)c3)CC2)cc1. The van der Waals surface area contributed by atoms with E-state index in [1.807, 2.05) is 13.0 Å². The molecule has 0 radical (unpaired) electrons. The molecule has 1 amide bonds. The standard InChI is InChI=1S/C24H32FN3O/c1-3-5-20-8-10-22(11-9-20)19(2)26-24(29)18-28-14-12-27(13-15-28)17-21-6-4-7-23(25)16-21/h4,6-11,16,19H,3,5,12-15,17-18H2,1-2H3,(H,26,29)/t19-/m1/s1. The van der Waals surface area contributed by atoms with E-state index in [2.05, 4.69) is 46.3 Å². The molecule has 4 nitrogen and oxygen atoms in total. The van der Waals surface area contributed by atoms with Crippen LogP contribution in [0.2, 0.25) is 0 Å². The second-order valence-corrected chi connectivity index (χ2v) is 7.96. The summed E-state index contributed by atoms with van der Waals surface area (Å²) in [7, 11) is 0. The van der Waals surface area contributed by atoms with Crippen molar-refractivity contribution in [3.63, 3.8) is 0 Å². The molecule has 1 fully saturated rings. The van der Waals surface area contributed by atoms with Crippen LogP contribution >= 0.6 is 0 Å². The molecular formula is C24H32FN3O. The average Bonchev–Trinajstić information content (AvgIpc) is 2.70. The molecule has 2 aromatic rings. The zero-order chi connectivity index (χ0) is 20.6. The van der Waals surface area contributed by atoms with Gasteiger partial charge in [0, 0.05) is 32.7 Å². The third-order valence-corrected chi connectivity index (χ3v) is 5.52. The van der Waals surface area contributed by atoms with Gasteiger partial charge in [-0.2, -0.15) is 0 Å². The van der Waals surface area contributed by atoms with Crippen LogP contribution in [0.3, 0.4) is 0 Å². The normalized spacial score (nSPS) is 16.5. The van der Waals surface area contributed by atoms with E-state index in [0.29, 0.717) is 6.54 Å². The van der Waals surface area contributed by atoms with Crippen LogP contribution in [0.1, 0.15) is 43.0 Å². The Balaban J connectivity index is 1.41. The third-order valence-electron chi connectivity index (χ3n) is 5.52. The Hall–Kier alpha value is -2.24. The van der Waals surface area contributed by atoms with Gasteiger partial charge in [0.15, 0.2) is 0 Å². The number of carbonyl (C=O) groups is 1. The van der Waals surface area contributed by atoms with Crippen molar-refractivity contribution in [2.45, 2.75) is 39.3 Å². The Morgan fingerprint density at radius 2 is 1.72 bits per heavy atom. The van der Waals surface area contributed by atoms with Gasteiger partial charge in [-0.15, -0.1) is 0 Å². The number of benzene rings is 2. The highest BCUT2D eigenvalue weighted by Crippen LogP contribution is 2.15. The Morgan fingerprint density at radius 1 is 1.03 bits per heavy atom. The van der Waals surface area contributed by atoms with Crippen LogP contribution in [0.4, 0.5) is 4.39 Å². The molecule has 1 aliphatic rings. The van der Waals surface area contributed by atoms with E-state index >= 15 is 0 Å². The number of hydrogen-bond acceptors (Lipinski definition) is 3. The topological polar surface area (TPSA) is 35.6 Å². The fraction of sp³-hybridized carbons (Fsp3) is 0.458. The van der Waals surface area contributed by atoms with Gasteiger partial charge in [-0.1, -0.05) is 49.7 Å². The molecule has 1 N–H and O–H groups in total. The average molecular weight is 398 g/mol. The largest absolute Gasteiger partial charge is 0.348 e. The number of nitrogens with one attached hydrogen (secondary N) is 1. The molecule has 0 spiro atoms. The van der Waals surface area contributed by atoms with Crippen molar-refractivity contribution in [2.24, 2.45) is 0 Å². The van der Waals surface area contributed by atoms with Crippen molar-refractivity contribution in [3.05, 3.63) is 71.0 Å². The maximum Gasteiger partial charge on any atom is 0.234 e. The molecule has 5 heteroatoms. The predicted octanol–water partition coefficient (Wildman–Crippen LogP) is 3.77. The summed E-state index contributed by atoms with van der Waals surface area (Å²) in [6.45, 7) is 8.86. The van der Waals surface area contributed by atoms with Crippen molar-refractivity contribution in [1.29, 1.82) is 0 Å². The molecule has 3 rings (SSSR count). The fourth-order valence-corrected chi connectivity index (χ4v) is 3.83. The molecule has 0 aromatic heterocycles. The lowest BCUT2D eigenvalue weighted by Gasteiger charge is -2.34. The summed E-state index contributed by atoms with van der Waals surface area (Å²) in [5, 5.41) is 3.12. The second kappa shape index (κ2) is 10.5. The van der Waals surface area contributed by atoms with E-state index in [-0.39, 0.29) is 17.8 Å². The first-order valence-electron chi connectivity index (χ1n) is 10.6. The smallest absolute Gasteiger partial charge is 0.234 e. The molecular weight excluding hydrogens is 365 g/mol. The van der Waals surface area contributed by atoms with Crippen molar-refractivity contribution in [2.75, 3.05) is 32.7 Å². The maximum absolute atomic E-state index is 13.3. The Bertz CT molecular complexity index is 785. The van der Waals surface area contributed by atoms with Crippen LogP contribution in [-0.4, -0.2) is 48.4 Å². The number of nitrogens with zero attached hydrogens (tertiary/aromatic N) is 2. The van der Waals surface area contributed by atoms with Crippen molar-refractivity contribution >= 4 is 5.91 Å². The summed E-state index contributed by atoms with van der Waals surface area (Å²) in [4.78, 5) is 17.0. The third kappa shape index (κ3) is 6.65. The molecule has 2 aromatic carbocycles. The minimum Gasteiger partial charge on any atom is -0.348 e. The van der Waals surface area contributed by atoms with Crippen molar-refractivity contribution < 1.29 is 9.18 Å². The lowest BCUT2D eigenvalue weighted by atomic mass is 10.0. The van der Waals surface area contributed by atoms with Crippen molar-refractivity contribution in [3.8, 4) is 0 Å². The summed E-state index contributed by atoms with van der Waals surface area (Å²) >= 11 is 0. The summed E-state index contributed by atoms with van der Waals surface area (Å²) in [5.74, 6) is -0.124. The lowest BCUT2D eigenvalue weighted by Crippen LogP contribution is -2.49. The first-order chi connectivity index (χ1) is 14.0. The molecule has 1 heterocycles. The zero-order valence-electron chi connectivity index (χ0n) is 17.5. The number of carbonyl (C=O) groups excluding carboxylic acids is 1. The first-order valence-corrected chi connectivity index (χ1v) is 10.6. The first kappa shape index (κ1) is 21.5. The predicted molar refractivity (Wildman–Crippen MR) is 115 cm³/mol. The molecule has 1 atom stereocenters. The molecule has 0 unspecified atom stereocenters. The van der Waals surface area contributed by atoms with Gasteiger partial charge in [-0.05, 0) is 42.2 Å². The number of aryl methyl sites for hydroxylation is 1. The minimum atomic E-state index is -0.188. The summed E-state index contributed by atoms with van der Waals surface area (Å²) < 4.78 is 13.3. The molecule has 156 valence electrons. The number of hydrogen-bond donors (Lipinski definition) is 1. The molecule has 1 aliphatic heterocycles. The quantitative estimate of drug-likeness (QED) is 0.736. The number of rotatable bonds is 8. The van der Waals surface area contributed by atoms with Crippen LogP contribution in [0, 0.1) is 5.82 Å². The van der Waals surface area contributed by atoms with Gasteiger partial charge in [-0.3, -0.25) is 14.6 Å². The van der Waals surface area contributed by atoms with E-state index in [1.54, 1.807) is 12.1 Å². The van der Waals surface area contributed by atoms with Gasteiger partial charge >= 0.3 is 0 Å². The van der Waals surface area contributed by atoms with Gasteiger partial charge < -0.3 is 5.32 Å². The molecule has 29 heavy (non-hydrogen) atoms. The molecule has 1 saturated heterocycles. The van der Waals surface area contributed by atoms with E-state index in [9.17, 15) is 9.18 Å². The summed E-state index contributed by atoms with van der Waals surface area (Å²) in [6, 6.07) is 15.3. The number of halogens is 1. The van der Waals surface area contributed by atoms with Gasteiger partial charge in [-0.25, -0.2) is 4.39 Å². The highest BCUT2D eigenvalue weighted by atomic mass is 19.1. The number of piperazine rings is 1. The lowest BCUT2D eigenvalue weighted by molar-refractivity contribution is -0.123. The van der Waals surface area contributed by atoms with Crippen LogP contribution in [0.15, 0.2) is 48.5 Å². The van der Waals surface area contributed by atoms with Crippen LogP contribution in [0.25, 0.3) is 0 Å². The molecule has 0 aliphatic carbocycles. The van der Waals surface area contributed by atoms with Crippen molar-refractivity contribution in [1.82, 2.24) is 15.1 Å². The Labute approximate surface area is 173 Å². The highest BCUT2D eigenvalue weighted by molar-refractivity contribution is 5.78. The summed E-state index contributed by atoms with van der Waals surface area (Å²) in [6.07, 6.45) is 2.23. The van der Waals surface area contributed by atoms with Gasteiger partial charge in [0.05, 0.1) is 12.6 Å². The Kier molecular flexibility index (Phi) is 7.78. The van der Waals surface area contributed by atoms with Gasteiger partial charge in [0.2, 0.25) is 5.91 Å². The van der Waals surface area contributed by atoms with E-state index in [4.69, 9.17) is 0 Å². The van der Waals surface area contributed by atoms with Crippen LogP contribution in [0.5, 0.6) is 0 Å². The van der Waals surface area contributed by atoms with E-state index in [0.717, 1.165) is 56.7 Å². The molecule has 0 saturated carbocycles. The van der Waals surface area contributed by atoms with E-state index in [1.165, 1.54) is 11.6 Å². The molecule has 0 bridgehead atoms.